The molecule has 0 spiro atoms. The molecule has 0 aliphatic rings. The fourth-order valence-corrected chi connectivity index (χ4v) is 2.69. The Labute approximate surface area is 154 Å². The van der Waals surface area contributed by atoms with E-state index in [1.165, 1.54) is 0 Å². The van der Waals surface area contributed by atoms with Crippen LogP contribution in [-0.4, -0.2) is 48.6 Å². The fraction of sp³-hybridized carbons (Fsp3) is 0.526. The van der Waals surface area contributed by atoms with Crippen molar-refractivity contribution in [1.82, 2.24) is 10.2 Å². The van der Waals surface area contributed by atoms with Gasteiger partial charge in [0.1, 0.15) is 0 Å². The zero-order valence-electron chi connectivity index (χ0n) is 14.7. The van der Waals surface area contributed by atoms with Crippen LogP contribution in [0.4, 0.5) is 0 Å². The van der Waals surface area contributed by atoms with Crippen LogP contribution in [0.3, 0.4) is 0 Å². The van der Waals surface area contributed by atoms with Crippen LogP contribution in [0.2, 0.25) is 0 Å². The Balaban J connectivity index is 2.59. The summed E-state index contributed by atoms with van der Waals surface area (Å²) in [6, 6.07) is 7.36. The first-order valence-corrected chi connectivity index (χ1v) is 9.47. The Hall–Kier alpha value is -1.17. The highest BCUT2D eigenvalue weighted by Gasteiger charge is 2.06. The number of aliphatic hydroxyl groups excluding tert-OH is 1. The van der Waals surface area contributed by atoms with Gasteiger partial charge in [0.25, 0.3) is 0 Å². The molecule has 0 saturated heterocycles. The van der Waals surface area contributed by atoms with Crippen LogP contribution in [0.25, 0.3) is 0 Å². The number of hydrogen-bond acceptors (Lipinski definition) is 4. The van der Waals surface area contributed by atoms with Crippen molar-refractivity contribution in [3.63, 3.8) is 0 Å². The Morgan fingerprint density at radius 1 is 1.21 bits per heavy atom. The van der Waals surface area contributed by atoms with Crippen molar-refractivity contribution in [2.24, 2.45) is 0 Å². The predicted octanol–water partition coefficient (Wildman–Crippen LogP) is 3.61. The molecular formula is C19H29BrN2O2. The largest absolute Gasteiger partial charge is 0.396 e. The van der Waals surface area contributed by atoms with E-state index in [2.05, 4.69) is 40.0 Å². The number of carbonyl (C=O) groups is 1. The summed E-state index contributed by atoms with van der Waals surface area (Å²) >= 11 is 3.37. The number of rotatable bonds is 12. The van der Waals surface area contributed by atoms with Crippen LogP contribution in [0.15, 0.2) is 40.5 Å². The molecule has 0 fully saturated rings. The molecule has 0 unspecified atom stereocenters. The molecule has 0 aliphatic heterocycles. The first-order valence-electron chi connectivity index (χ1n) is 8.68. The molecule has 0 radical (unpaired) electrons. The highest BCUT2D eigenvalue weighted by atomic mass is 79.9. The maximum Gasteiger partial charge on any atom is 0.187 e. The lowest BCUT2D eigenvalue weighted by Gasteiger charge is -2.18. The van der Waals surface area contributed by atoms with Gasteiger partial charge in [-0.05, 0) is 63.2 Å². The van der Waals surface area contributed by atoms with E-state index in [1.54, 1.807) is 6.08 Å². The number of ketones is 1. The Bertz CT molecular complexity index is 511. The van der Waals surface area contributed by atoms with Crippen molar-refractivity contribution >= 4 is 21.7 Å². The molecule has 0 saturated carbocycles. The Kier molecular flexibility index (Phi) is 10.6. The number of aliphatic hydroxyl groups is 1. The molecular weight excluding hydrogens is 368 g/mol. The van der Waals surface area contributed by atoms with Crippen LogP contribution < -0.4 is 5.32 Å². The van der Waals surface area contributed by atoms with Gasteiger partial charge in [-0.3, -0.25) is 4.79 Å². The third-order valence-corrected chi connectivity index (χ3v) is 4.46. The lowest BCUT2D eigenvalue weighted by Crippen LogP contribution is -2.27. The van der Waals surface area contributed by atoms with Crippen molar-refractivity contribution in [2.75, 3.05) is 32.8 Å². The lowest BCUT2D eigenvalue weighted by molar-refractivity contribution is 0.104. The number of hydrogen-bond donors (Lipinski definition) is 2. The van der Waals surface area contributed by atoms with Gasteiger partial charge < -0.3 is 15.3 Å². The highest BCUT2D eigenvalue weighted by Crippen LogP contribution is 2.12. The van der Waals surface area contributed by atoms with E-state index < -0.39 is 0 Å². The van der Waals surface area contributed by atoms with Gasteiger partial charge >= 0.3 is 0 Å². The minimum Gasteiger partial charge on any atom is -0.396 e. The van der Waals surface area contributed by atoms with E-state index in [1.807, 2.05) is 24.3 Å². The summed E-state index contributed by atoms with van der Waals surface area (Å²) in [5.41, 5.74) is 1.57. The van der Waals surface area contributed by atoms with Crippen LogP contribution in [0.1, 0.15) is 43.5 Å². The van der Waals surface area contributed by atoms with E-state index in [0.29, 0.717) is 18.4 Å². The number of carbonyl (C=O) groups excluding carboxylic acids is 1. The maximum absolute atomic E-state index is 12.4. The van der Waals surface area contributed by atoms with Crippen molar-refractivity contribution in [1.29, 1.82) is 0 Å². The summed E-state index contributed by atoms with van der Waals surface area (Å²) in [4.78, 5) is 14.7. The van der Waals surface area contributed by atoms with Gasteiger partial charge in [0.2, 0.25) is 0 Å². The molecule has 2 N–H and O–H groups in total. The van der Waals surface area contributed by atoms with Crippen LogP contribution in [0.5, 0.6) is 0 Å². The molecule has 24 heavy (non-hydrogen) atoms. The van der Waals surface area contributed by atoms with Crippen molar-refractivity contribution in [2.45, 2.75) is 33.1 Å². The average Bonchev–Trinajstić information content (AvgIpc) is 2.60. The summed E-state index contributed by atoms with van der Waals surface area (Å²) in [6.45, 7) is 8.47. The molecule has 0 aliphatic carbocycles. The molecule has 0 heterocycles. The number of allylic oxidation sites excluding steroid dienone is 2. The van der Waals surface area contributed by atoms with E-state index in [4.69, 9.17) is 5.11 Å². The number of nitrogens with one attached hydrogen (secondary N) is 1. The zero-order valence-corrected chi connectivity index (χ0v) is 16.3. The third-order valence-electron chi connectivity index (χ3n) is 3.94. The normalized spacial score (nSPS) is 11.8. The monoisotopic (exact) mass is 396 g/mol. The zero-order chi connectivity index (χ0) is 17.8. The van der Waals surface area contributed by atoms with Gasteiger partial charge in [-0.1, -0.05) is 29.8 Å². The summed E-state index contributed by atoms with van der Waals surface area (Å²) in [5, 5.41) is 12.4. The SMILES string of the molecule is CCN(CC)CCCN/C(=C/C(=O)c1ccc(Br)cc1)CCCO. The number of halogens is 1. The molecule has 1 aromatic carbocycles. The van der Waals surface area contributed by atoms with Crippen molar-refractivity contribution < 1.29 is 9.90 Å². The van der Waals surface area contributed by atoms with Gasteiger partial charge in [0.15, 0.2) is 5.78 Å². The van der Waals surface area contributed by atoms with Gasteiger partial charge in [-0.2, -0.15) is 0 Å². The molecule has 134 valence electrons. The Morgan fingerprint density at radius 2 is 1.88 bits per heavy atom. The minimum atomic E-state index is -0.00770. The first-order chi connectivity index (χ1) is 11.6. The number of nitrogens with zero attached hydrogens (tertiary/aromatic N) is 1. The maximum atomic E-state index is 12.4. The number of benzene rings is 1. The Morgan fingerprint density at radius 3 is 2.46 bits per heavy atom. The van der Waals surface area contributed by atoms with E-state index in [-0.39, 0.29) is 12.4 Å². The summed E-state index contributed by atoms with van der Waals surface area (Å²) in [5.74, 6) is -0.00770. The van der Waals surface area contributed by atoms with Crippen molar-refractivity contribution in [3.8, 4) is 0 Å². The lowest BCUT2D eigenvalue weighted by atomic mass is 10.1. The molecule has 0 atom stereocenters. The summed E-state index contributed by atoms with van der Waals surface area (Å²) in [6.07, 6.45) is 4.04. The quantitative estimate of drug-likeness (QED) is 0.322. The van der Waals surface area contributed by atoms with Crippen LogP contribution in [-0.2, 0) is 0 Å². The molecule has 1 rings (SSSR count). The highest BCUT2D eigenvalue weighted by molar-refractivity contribution is 9.10. The van der Waals surface area contributed by atoms with E-state index in [9.17, 15) is 4.79 Å². The fourth-order valence-electron chi connectivity index (χ4n) is 2.43. The van der Waals surface area contributed by atoms with Gasteiger partial charge in [0.05, 0.1) is 0 Å². The van der Waals surface area contributed by atoms with E-state index in [0.717, 1.165) is 42.8 Å². The topological polar surface area (TPSA) is 52.6 Å². The van der Waals surface area contributed by atoms with Gasteiger partial charge in [0, 0.05) is 35.0 Å². The molecule has 0 bridgehead atoms. The standard InChI is InChI=1S/C19H29BrN2O2/c1-3-22(4-2)13-6-12-21-18(7-5-14-23)15-19(24)16-8-10-17(20)11-9-16/h8-11,15,21,23H,3-7,12-14H2,1-2H3/b18-15+. The molecule has 5 heteroatoms. The smallest absolute Gasteiger partial charge is 0.187 e. The van der Waals surface area contributed by atoms with Gasteiger partial charge in [-0.15, -0.1) is 0 Å². The van der Waals surface area contributed by atoms with Crippen LogP contribution in [0, 0.1) is 0 Å². The molecule has 4 nitrogen and oxygen atoms in total. The third kappa shape index (κ3) is 8.08. The predicted molar refractivity (Wildman–Crippen MR) is 103 cm³/mol. The average molecular weight is 397 g/mol. The summed E-state index contributed by atoms with van der Waals surface area (Å²) in [7, 11) is 0. The molecule has 1 aromatic rings. The second kappa shape index (κ2) is 12.2. The van der Waals surface area contributed by atoms with Gasteiger partial charge in [-0.25, -0.2) is 0 Å². The molecule has 0 amide bonds. The van der Waals surface area contributed by atoms with Crippen LogP contribution >= 0.6 is 15.9 Å². The van der Waals surface area contributed by atoms with Crippen molar-refractivity contribution in [3.05, 3.63) is 46.1 Å². The molecule has 0 aromatic heterocycles. The second-order valence-electron chi connectivity index (χ2n) is 5.68. The minimum absolute atomic E-state index is 0.00770. The summed E-state index contributed by atoms with van der Waals surface area (Å²) < 4.78 is 0.957. The van der Waals surface area contributed by atoms with E-state index >= 15 is 0 Å². The first kappa shape index (κ1) is 20.9. The second-order valence-corrected chi connectivity index (χ2v) is 6.59.